The molecule has 19 heavy (non-hydrogen) atoms. The smallest absolute Gasteiger partial charge is 0.403 e. The second-order valence-electron chi connectivity index (χ2n) is 7.10. The first-order chi connectivity index (χ1) is 8.16. The summed E-state index contributed by atoms with van der Waals surface area (Å²) in [4.78, 5) is 0. The van der Waals surface area contributed by atoms with Crippen molar-refractivity contribution in [1.29, 1.82) is 0 Å². The summed E-state index contributed by atoms with van der Waals surface area (Å²) in [6, 6.07) is 0. The Kier molecular flexibility index (Phi) is 5.69. The molecule has 1 heterocycles. The highest BCUT2D eigenvalue weighted by atomic mass is 16.7. The predicted molar refractivity (Wildman–Crippen MR) is 79.3 cm³/mol. The van der Waals surface area contributed by atoms with Gasteiger partial charge < -0.3 is 19.2 Å². The molecule has 1 aliphatic heterocycles. The van der Waals surface area contributed by atoms with Crippen LogP contribution in [0, 0.1) is 0 Å². The summed E-state index contributed by atoms with van der Waals surface area (Å²) in [6.45, 7) is 17.3. The van der Waals surface area contributed by atoms with Crippen molar-refractivity contribution < 1.29 is 19.2 Å². The zero-order chi connectivity index (χ0) is 15.7. The van der Waals surface area contributed by atoms with E-state index in [-0.39, 0.29) is 18.3 Å². The lowest BCUT2D eigenvalue weighted by molar-refractivity contribution is -0.129. The van der Waals surface area contributed by atoms with Crippen LogP contribution in [0.1, 0.15) is 55.4 Å². The van der Waals surface area contributed by atoms with Gasteiger partial charge in [0.05, 0.1) is 22.4 Å². The molecule has 0 aliphatic carbocycles. The van der Waals surface area contributed by atoms with Gasteiger partial charge in [0.1, 0.15) is 0 Å². The van der Waals surface area contributed by atoms with E-state index in [1.54, 1.807) is 21.0 Å². The molecule has 0 saturated carbocycles. The second kappa shape index (κ2) is 5.72. The van der Waals surface area contributed by atoms with Gasteiger partial charge in [0, 0.05) is 7.11 Å². The van der Waals surface area contributed by atoms with Crippen molar-refractivity contribution in [3.05, 3.63) is 0 Å². The third-order valence-corrected chi connectivity index (χ3v) is 4.35. The number of hydrogen-bond donors (Lipinski definition) is 1. The molecule has 1 N–H and O–H groups in total. The molecule has 0 spiro atoms. The third kappa shape index (κ3) is 4.74. The van der Waals surface area contributed by atoms with Gasteiger partial charge in [-0.1, -0.05) is 0 Å². The van der Waals surface area contributed by atoms with Crippen molar-refractivity contribution in [2.45, 2.75) is 84.6 Å². The van der Waals surface area contributed by atoms with E-state index in [1.165, 1.54) is 0 Å². The van der Waals surface area contributed by atoms with Crippen LogP contribution in [0.3, 0.4) is 0 Å². The molecule has 0 aromatic heterocycles. The highest BCUT2D eigenvalue weighted by Crippen LogP contribution is 2.36. The maximum absolute atomic E-state index is 9.42. The Morgan fingerprint density at radius 1 is 0.947 bits per heavy atom. The van der Waals surface area contributed by atoms with Crippen LogP contribution in [-0.4, -0.2) is 41.7 Å². The lowest BCUT2D eigenvalue weighted by Crippen LogP contribution is -2.46. The Morgan fingerprint density at radius 2 is 1.26 bits per heavy atom. The SMILES string of the molecule is CB1OC(C)(C)C(C)(C)O1.COC(C)(C)C(C)(C)O. The van der Waals surface area contributed by atoms with Gasteiger partial charge in [-0.25, -0.2) is 0 Å². The monoisotopic (exact) mass is 274 g/mol. The molecule has 0 radical (unpaired) electrons. The molecular weight excluding hydrogens is 243 g/mol. The first-order valence-corrected chi connectivity index (χ1v) is 6.79. The maximum atomic E-state index is 9.42. The molecule has 0 amide bonds. The Bertz CT molecular complexity index is 276. The first kappa shape index (κ1) is 18.9. The summed E-state index contributed by atoms with van der Waals surface area (Å²) in [7, 11) is 1.53. The molecule has 0 atom stereocenters. The Labute approximate surface area is 119 Å². The van der Waals surface area contributed by atoms with Crippen molar-refractivity contribution in [2.24, 2.45) is 0 Å². The first-order valence-electron chi connectivity index (χ1n) is 6.79. The molecule has 0 unspecified atom stereocenters. The molecule has 1 rings (SSSR count). The molecule has 5 heteroatoms. The largest absolute Gasteiger partial charge is 0.454 e. The molecule has 0 bridgehead atoms. The van der Waals surface area contributed by atoms with Crippen LogP contribution >= 0.6 is 0 Å². The van der Waals surface area contributed by atoms with E-state index in [2.05, 4.69) is 27.7 Å². The summed E-state index contributed by atoms with van der Waals surface area (Å²) >= 11 is 0. The van der Waals surface area contributed by atoms with Crippen LogP contribution in [0.5, 0.6) is 0 Å². The minimum absolute atomic E-state index is 0.0648. The Hall–Kier alpha value is -0.0951. The van der Waals surface area contributed by atoms with Crippen molar-refractivity contribution in [2.75, 3.05) is 7.11 Å². The fourth-order valence-electron chi connectivity index (χ4n) is 1.39. The zero-order valence-electron chi connectivity index (χ0n) is 14.2. The molecular formula is C14H31BO4. The van der Waals surface area contributed by atoms with Crippen LogP contribution in [0.2, 0.25) is 6.82 Å². The molecule has 4 nitrogen and oxygen atoms in total. The van der Waals surface area contributed by atoms with Gasteiger partial charge in [-0.15, -0.1) is 0 Å². The number of ether oxygens (including phenoxy) is 1. The van der Waals surface area contributed by atoms with Gasteiger partial charge in [-0.3, -0.25) is 0 Å². The zero-order valence-corrected chi connectivity index (χ0v) is 14.2. The van der Waals surface area contributed by atoms with E-state index in [9.17, 15) is 5.11 Å². The van der Waals surface area contributed by atoms with Crippen molar-refractivity contribution in [1.82, 2.24) is 0 Å². The van der Waals surface area contributed by atoms with Crippen molar-refractivity contribution in [3.63, 3.8) is 0 Å². The van der Waals surface area contributed by atoms with Crippen molar-refractivity contribution >= 4 is 7.12 Å². The summed E-state index contributed by atoms with van der Waals surface area (Å²) in [5.74, 6) is 0. The van der Waals surface area contributed by atoms with Crippen LogP contribution < -0.4 is 0 Å². The van der Waals surface area contributed by atoms with Crippen LogP contribution in [0.25, 0.3) is 0 Å². The average molecular weight is 274 g/mol. The summed E-state index contributed by atoms with van der Waals surface area (Å²) in [5.41, 5.74) is -1.56. The molecule has 114 valence electrons. The fourth-order valence-corrected chi connectivity index (χ4v) is 1.39. The minimum Gasteiger partial charge on any atom is -0.403 e. The summed E-state index contributed by atoms with van der Waals surface area (Å²) < 4.78 is 16.1. The standard InChI is InChI=1S/C7H15BO2.C7H16O2/c1-6(2)7(3,4)10-8(5)9-6;1-6(2,8)7(3,4)9-5/h1-5H3;8H,1-5H3. The average Bonchev–Trinajstić information content (AvgIpc) is 2.32. The number of methoxy groups -OCH3 is 1. The van der Waals surface area contributed by atoms with Crippen LogP contribution in [0.15, 0.2) is 0 Å². The van der Waals surface area contributed by atoms with Crippen molar-refractivity contribution in [3.8, 4) is 0 Å². The van der Waals surface area contributed by atoms with Gasteiger partial charge in [-0.05, 0) is 62.2 Å². The highest BCUT2D eigenvalue weighted by molar-refractivity contribution is 6.43. The molecule has 1 aliphatic rings. The van der Waals surface area contributed by atoms with Gasteiger partial charge in [-0.2, -0.15) is 0 Å². The van der Waals surface area contributed by atoms with E-state index >= 15 is 0 Å². The molecule has 0 aromatic rings. The van der Waals surface area contributed by atoms with E-state index in [0.717, 1.165) is 0 Å². The van der Waals surface area contributed by atoms with Gasteiger partial charge in [0.2, 0.25) is 0 Å². The quantitative estimate of drug-likeness (QED) is 0.786. The summed E-state index contributed by atoms with van der Waals surface area (Å²) in [6.07, 6.45) is 0. The minimum atomic E-state index is -0.776. The topological polar surface area (TPSA) is 47.9 Å². The lowest BCUT2D eigenvalue weighted by Gasteiger charge is -2.35. The molecule has 1 saturated heterocycles. The number of aliphatic hydroxyl groups is 1. The normalized spacial score (nSPS) is 21.9. The second-order valence-corrected chi connectivity index (χ2v) is 7.10. The number of hydrogen-bond acceptors (Lipinski definition) is 4. The van der Waals surface area contributed by atoms with Gasteiger partial charge in [0.25, 0.3) is 0 Å². The van der Waals surface area contributed by atoms with Gasteiger partial charge in [0.15, 0.2) is 0 Å². The predicted octanol–water partition coefficient (Wildman–Crippen LogP) is 2.89. The van der Waals surface area contributed by atoms with Gasteiger partial charge >= 0.3 is 7.12 Å². The summed E-state index contributed by atoms with van der Waals surface area (Å²) in [5, 5.41) is 9.42. The van der Waals surface area contributed by atoms with E-state index in [0.29, 0.717) is 0 Å². The third-order valence-electron chi connectivity index (χ3n) is 4.35. The van der Waals surface area contributed by atoms with E-state index in [1.807, 2.05) is 20.7 Å². The lowest BCUT2D eigenvalue weighted by atomic mass is 9.90. The molecule has 0 aromatic carbocycles. The fraction of sp³-hybridized carbons (Fsp3) is 1.00. The van der Waals surface area contributed by atoms with E-state index in [4.69, 9.17) is 14.0 Å². The van der Waals surface area contributed by atoms with E-state index < -0.39 is 11.2 Å². The number of rotatable bonds is 2. The molecule has 1 fully saturated rings. The maximum Gasteiger partial charge on any atom is 0.454 e. The Morgan fingerprint density at radius 3 is 1.32 bits per heavy atom. The highest BCUT2D eigenvalue weighted by Gasteiger charge is 2.48. The Balaban J connectivity index is 0.000000344. The van der Waals surface area contributed by atoms with Crippen LogP contribution in [0.4, 0.5) is 0 Å². The van der Waals surface area contributed by atoms with Crippen LogP contribution in [-0.2, 0) is 14.0 Å².